The van der Waals surface area contributed by atoms with Crippen LogP contribution in [-0.4, -0.2) is 68.9 Å². The van der Waals surface area contributed by atoms with Gasteiger partial charge in [0.25, 0.3) is 11.8 Å². The van der Waals surface area contributed by atoms with Gasteiger partial charge in [0, 0.05) is 29.7 Å². The number of anilines is 2. The van der Waals surface area contributed by atoms with Crippen molar-refractivity contribution >= 4 is 64.2 Å². The number of hydrogen-bond donors (Lipinski definition) is 3. The molecular formula is C35H27Cl2FN2O10. The van der Waals surface area contributed by atoms with Crippen molar-refractivity contribution in [3.63, 3.8) is 0 Å². The number of rotatable bonds is 6. The van der Waals surface area contributed by atoms with Gasteiger partial charge in [0.2, 0.25) is 11.8 Å². The number of benzene rings is 3. The molecule has 2 aliphatic heterocycles. The molecule has 2 heterocycles. The first-order valence-corrected chi connectivity index (χ1v) is 16.1. The molecule has 3 aromatic rings. The summed E-state index contributed by atoms with van der Waals surface area (Å²) in [6, 6.07) is 10.4. The van der Waals surface area contributed by atoms with Crippen LogP contribution in [0.2, 0.25) is 0 Å². The second kappa shape index (κ2) is 11.5. The monoisotopic (exact) mass is 724 g/mol. The van der Waals surface area contributed by atoms with Crippen molar-refractivity contribution < 1.29 is 53.2 Å². The Hall–Kier alpha value is -5.14. The summed E-state index contributed by atoms with van der Waals surface area (Å²) in [5.74, 6) is -10.4. The fraction of sp³-hybridized carbons (Fsp3) is 0.286. The summed E-state index contributed by atoms with van der Waals surface area (Å²) in [6.07, 6.45) is 1.31. The maximum Gasteiger partial charge on any atom is 0.339 e. The van der Waals surface area contributed by atoms with Crippen LogP contribution in [-0.2, 0) is 19.2 Å². The van der Waals surface area contributed by atoms with Gasteiger partial charge in [0.1, 0.15) is 34.4 Å². The van der Waals surface area contributed by atoms with Crippen molar-refractivity contribution in [1.82, 2.24) is 0 Å². The predicted octanol–water partition coefficient (Wildman–Crippen LogP) is 4.72. The Labute approximate surface area is 293 Å². The van der Waals surface area contributed by atoms with E-state index in [1.165, 1.54) is 44.6 Å². The molecule has 2 saturated heterocycles. The van der Waals surface area contributed by atoms with E-state index in [-0.39, 0.29) is 47.0 Å². The molecule has 0 aromatic heterocycles. The molecule has 6 unspecified atom stereocenters. The van der Waals surface area contributed by atoms with E-state index in [2.05, 4.69) is 0 Å². The number of alkyl halides is 2. The van der Waals surface area contributed by atoms with Crippen LogP contribution in [0.1, 0.15) is 34.7 Å². The van der Waals surface area contributed by atoms with Crippen molar-refractivity contribution in [2.24, 2.45) is 17.8 Å². The highest BCUT2D eigenvalue weighted by Crippen LogP contribution is 2.67. The van der Waals surface area contributed by atoms with Crippen LogP contribution in [0.4, 0.5) is 15.8 Å². The van der Waals surface area contributed by atoms with Crippen LogP contribution < -0.4 is 19.3 Å². The number of carboxylic acids is 1. The lowest BCUT2D eigenvalue weighted by atomic mass is 9.56. The summed E-state index contributed by atoms with van der Waals surface area (Å²) in [4.78, 5) is 65.9. The van der Waals surface area contributed by atoms with Crippen molar-refractivity contribution in [1.29, 1.82) is 0 Å². The fourth-order valence-corrected chi connectivity index (χ4v) is 8.94. The summed E-state index contributed by atoms with van der Waals surface area (Å²) < 4.78 is 25.2. The molecule has 0 bridgehead atoms. The van der Waals surface area contributed by atoms with E-state index < -0.39 is 80.1 Å². The van der Waals surface area contributed by atoms with Gasteiger partial charge in [0.05, 0.1) is 37.4 Å². The number of halogens is 3. The van der Waals surface area contributed by atoms with E-state index in [4.69, 9.17) is 32.7 Å². The summed E-state index contributed by atoms with van der Waals surface area (Å²) in [6.45, 7) is 0. The second-order valence-electron chi connectivity index (χ2n) is 12.5. The summed E-state index contributed by atoms with van der Waals surface area (Å²) >= 11 is 14.8. The highest BCUT2D eigenvalue weighted by atomic mass is 35.5. The molecule has 1 saturated carbocycles. The predicted molar refractivity (Wildman–Crippen MR) is 175 cm³/mol. The Balaban J connectivity index is 1.42. The van der Waals surface area contributed by atoms with Crippen LogP contribution in [0.15, 0.2) is 66.2 Å². The molecule has 12 nitrogen and oxygen atoms in total. The molecule has 4 amide bonds. The normalized spacial score (nSPS) is 28.6. The molecule has 2 aliphatic carbocycles. The SMILES string of the molecule is COc1cc(O)cc(OC)c1C1C2=CCC3C(=O)N(c4ccc(C(=O)O)c(O)c4)C(=O)C3C2CC2(Cl)C(=O)N(c3ccc(F)cc3)C(=O)C12Cl. The average molecular weight is 726 g/mol. The molecule has 50 heavy (non-hydrogen) atoms. The number of carbonyl (C=O) groups is 5. The van der Waals surface area contributed by atoms with E-state index in [0.717, 1.165) is 34.1 Å². The minimum absolute atomic E-state index is 0.00203. The number of hydrogen-bond acceptors (Lipinski definition) is 9. The molecule has 4 aliphatic rings. The van der Waals surface area contributed by atoms with Crippen molar-refractivity contribution in [3.8, 4) is 23.0 Å². The van der Waals surface area contributed by atoms with Crippen molar-refractivity contribution in [2.45, 2.75) is 28.5 Å². The van der Waals surface area contributed by atoms with Crippen molar-refractivity contribution in [3.05, 3.63) is 83.2 Å². The zero-order valence-electron chi connectivity index (χ0n) is 26.2. The molecular weight excluding hydrogens is 698 g/mol. The first-order valence-electron chi connectivity index (χ1n) is 15.3. The zero-order chi connectivity index (χ0) is 36.0. The Bertz CT molecular complexity index is 2050. The van der Waals surface area contributed by atoms with Gasteiger partial charge in [-0.2, -0.15) is 0 Å². The second-order valence-corrected chi connectivity index (χ2v) is 13.8. The number of nitrogens with zero attached hydrogens (tertiary/aromatic N) is 2. The topological polar surface area (TPSA) is 171 Å². The van der Waals surface area contributed by atoms with E-state index in [1.807, 2.05) is 0 Å². The smallest absolute Gasteiger partial charge is 0.339 e. The Kier molecular flexibility index (Phi) is 7.64. The molecule has 7 rings (SSSR count). The van der Waals surface area contributed by atoms with Gasteiger partial charge in [0.15, 0.2) is 9.75 Å². The Morgan fingerprint density at radius 2 is 1.48 bits per heavy atom. The summed E-state index contributed by atoms with van der Waals surface area (Å²) in [5.41, 5.74) is 0.0476. The van der Waals surface area contributed by atoms with E-state index in [1.54, 1.807) is 6.08 Å². The molecule has 15 heteroatoms. The zero-order valence-corrected chi connectivity index (χ0v) is 27.7. The average Bonchev–Trinajstić information content (AvgIpc) is 3.42. The largest absolute Gasteiger partial charge is 0.508 e. The third-order valence-corrected chi connectivity index (χ3v) is 11.6. The van der Waals surface area contributed by atoms with E-state index in [0.29, 0.717) is 5.57 Å². The number of fused-ring (bicyclic) bond motifs is 4. The number of allylic oxidation sites excluding steroid dienone is 2. The van der Waals surface area contributed by atoms with Crippen LogP contribution >= 0.6 is 23.2 Å². The molecule has 3 fully saturated rings. The number of aromatic hydroxyl groups is 2. The first kappa shape index (κ1) is 33.4. The van der Waals surface area contributed by atoms with Gasteiger partial charge >= 0.3 is 5.97 Å². The highest BCUT2D eigenvalue weighted by molar-refractivity contribution is 6.58. The highest BCUT2D eigenvalue weighted by Gasteiger charge is 2.77. The van der Waals surface area contributed by atoms with Gasteiger partial charge in [-0.05, 0) is 55.2 Å². The number of carboxylic acid groups (broad SMARTS) is 1. The third-order valence-electron chi connectivity index (χ3n) is 10.2. The minimum atomic E-state index is -2.30. The van der Waals surface area contributed by atoms with Crippen LogP contribution in [0.3, 0.4) is 0 Å². The standard InChI is InChI=1S/C35H27Cl2FN2O10/c1-49-24-12-18(41)13-25(50-2)27(24)28-19-9-10-21-26(30(44)39(29(21)43)17-7-8-20(31(45)46)23(42)11-17)22(19)14-34(36)32(47)40(33(48)35(28,34)37)16-5-3-15(38)4-6-16/h3-9,11-13,21-22,26,28,41-42H,10,14H2,1-2H3,(H,45,46). The lowest BCUT2D eigenvalue weighted by Crippen LogP contribution is -2.60. The van der Waals surface area contributed by atoms with Crippen LogP contribution in [0, 0.1) is 23.6 Å². The minimum Gasteiger partial charge on any atom is -0.508 e. The molecule has 3 aromatic carbocycles. The lowest BCUT2D eigenvalue weighted by Gasteiger charge is -2.51. The van der Waals surface area contributed by atoms with Gasteiger partial charge in [-0.15, -0.1) is 23.2 Å². The van der Waals surface area contributed by atoms with Gasteiger partial charge in [-0.3, -0.25) is 19.2 Å². The van der Waals surface area contributed by atoms with Gasteiger partial charge in [-0.25, -0.2) is 19.0 Å². The number of aromatic carboxylic acids is 1. The number of imide groups is 2. The molecule has 0 spiro atoms. The quantitative estimate of drug-likeness (QED) is 0.184. The third kappa shape index (κ3) is 4.39. The van der Waals surface area contributed by atoms with Crippen molar-refractivity contribution in [2.75, 3.05) is 24.0 Å². The molecule has 258 valence electrons. The number of methoxy groups -OCH3 is 2. The molecule has 3 N–H and O–H groups in total. The maximum atomic E-state index is 14.6. The number of ether oxygens (including phenoxy) is 2. The van der Waals surface area contributed by atoms with E-state index >= 15 is 0 Å². The first-order chi connectivity index (χ1) is 23.7. The maximum absolute atomic E-state index is 14.6. The molecule has 6 atom stereocenters. The number of phenols is 2. The molecule has 0 radical (unpaired) electrons. The van der Waals surface area contributed by atoms with Gasteiger partial charge in [-0.1, -0.05) is 11.6 Å². The number of amides is 4. The lowest BCUT2D eigenvalue weighted by molar-refractivity contribution is -0.125. The summed E-state index contributed by atoms with van der Waals surface area (Å²) in [5, 5.41) is 30.2. The van der Waals surface area contributed by atoms with Gasteiger partial charge < -0.3 is 24.8 Å². The van der Waals surface area contributed by atoms with Crippen LogP contribution in [0.5, 0.6) is 23.0 Å². The Morgan fingerprint density at radius 1 is 0.860 bits per heavy atom. The van der Waals surface area contributed by atoms with E-state index in [9.17, 15) is 43.7 Å². The number of carbonyl (C=O) groups excluding carboxylic acids is 4. The fourth-order valence-electron chi connectivity index (χ4n) is 8.02. The van der Waals surface area contributed by atoms with Crippen LogP contribution in [0.25, 0.3) is 0 Å². The Morgan fingerprint density at radius 3 is 2.06 bits per heavy atom. The number of phenolic OH excluding ortho intramolecular Hbond substituents is 1. The summed E-state index contributed by atoms with van der Waals surface area (Å²) in [7, 11) is 2.62.